The first kappa shape index (κ1) is 17.8. The van der Waals surface area contributed by atoms with Gasteiger partial charge in [0.25, 0.3) is 10.0 Å². The van der Waals surface area contributed by atoms with Crippen molar-refractivity contribution in [3.63, 3.8) is 0 Å². The zero-order valence-electron chi connectivity index (χ0n) is 14.0. The number of amides is 1. The summed E-state index contributed by atoms with van der Waals surface area (Å²) in [6.07, 6.45) is 0. The van der Waals surface area contributed by atoms with Gasteiger partial charge in [0.1, 0.15) is 5.75 Å². The van der Waals surface area contributed by atoms with Crippen molar-refractivity contribution in [2.45, 2.75) is 25.7 Å². The third-order valence-corrected chi connectivity index (χ3v) is 4.93. The number of rotatable bonds is 5. The lowest BCUT2D eigenvalue weighted by molar-refractivity contribution is -0.114. The zero-order valence-corrected chi connectivity index (χ0v) is 14.8. The smallest absolute Gasteiger partial charge is 0.261 e. The lowest BCUT2D eigenvalue weighted by Crippen LogP contribution is -2.14. The Morgan fingerprint density at radius 3 is 2.33 bits per heavy atom. The Morgan fingerprint density at radius 1 is 1.04 bits per heavy atom. The third kappa shape index (κ3) is 4.05. The molecule has 2 N–H and O–H groups in total. The second-order valence-electron chi connectivity index (χ2n) is 5.45. The molecule has 0 aliphatic carbocycles. The molecule has 0 heterocycles. The molecule has 24 heavy (non-hydrogen) atoms. The minimum absolute atomic E-state index is 0.0327. The van der Waals surface area contributed by atoms with E-state index in [1.165, 1.54) is 32.2 Å². The predicted octanol–water partition coefficient (Wildman–Crippen LogP) is 3.07. The van der Waals surface area contributed by atoms with Gasteiger partial charge < -0.3 is 10.1 Å². The highest BCUT2D eigenvalue weighted by atomic mass is 32.2. The molecule has 0 radical (unpaired) electrons. The molecule has 6 nitrogen and oxygen atoms in total. The summed E-state index contributed by atoms with van der Waals surface area (Å²) in [5, 5.41) is 2.56. The van der Waals surface area contributed by atoms with Crippen LogP contribution in [0.5, 0.6) is 5.75 Å². The highest BCUT2D eigenvalue weighted by Gasteiger charge is 2.17. The van der Waals surface area contributed by atoms with Crippen LogP contribution < -0.4 is 14.8 Å². The molecule has 0 fully saturated rings. The molecule has 0 saturated carbocycles. The molecular weight excluding hydrogens is 328 g/mol. The topological polar surface area (TPSA) is 84.5 Å². The summed E-state index contributed by atoms with van der Waals surface area (Å²) in [6, 6.07) is 9.62. The van der Waals surface area contributed by atoms with Crippen LogP contribution in [0.2, 0.25) is 0 Å². The molecule has 2 aromatic carbocycles. The molecular formula is C17H20N2O4S. The molecule has 2 rings (SSSR count). The van der Waals surface area contributed by atoms with E-state index in [9.17, 15) is 13.2 Å². The third-order valence-electron chi connectivity index (χ3n) is 3.55. The summed E-state index contributed by atoms with van der Waals surface area (Å²) in [4.78, 5) is 11.3. The molecule has 2 aromatic rings. The Labute approximate surface area is 141 Å². The Morgan fingerprint density at radius 2 is 1.75 bits per heavy atom. The minimum atomic E-state index is -3.78. The van der Waals surface area contributed by atoms with Crippen LogP contribution in [0, 0.1) is 13.8 Å². The molecule has 0 atom stereocenters. The Kier molecular flexibility index (Phi) is 5.14. The van der Waals surface area contributed by atoms with Gasteiger partial charge in [-0.25, -0.2) is 8.42 Å². The number of carbonyl (C=O) groups excluding carboxylic acids is 1. The van der Waals surface area contributed by atoms with E-state index in [1.807, 2.05) is 19.9 Å². The number of carbonyl (C=O) groups is 1. The number of sulfonamides is 1. The van der Waals surface area contributed by atoms with Gasteiger partial charge in [0.05, 0.1) is 17.7 Å². The van der Waals surface area contributed by atoms with Gasteiger partial charge in [-0.15, -0.1) is 0 Å². The SMILES string of the molecule is COc1ccc(S(=O)(=O)Nc2ccc(C)c(C)c2)cc1NC(C)=O. The van der Waals surface area contributed by atoms with Gasteiger partial charge in [-0.1, -0.05) is 6.07 Å². The fourth-order valence-electron chi connectivity index (χ4n) is 2.16. The number of ether oxygens (including phenoxy) is 1. The van der Waals surface area contributed by atoms with Gasteiger partial charge in [0.2, 0.25) is 5.91 Å². The van der Waals surface area contributed by atoms with E-state index >= 15 is 0 Å². The lowest BCUT2D eigenvalue weighted by atomic mass is 10.1. The van der Waals surface area contributed by atoms with Gasteiger partial charge in [-0.2, -0.15) is 0 Å². The molecule has 0 aliphatic rings. The van der Waals surface area contributed by atoms with E-state index in [0.717, 1.165) is 11.1 Å². The standard InChI is InChI=1S/C17H20N2O4S/c1-11-5-6-14(9-12(11)2)19-24(21,22)15-7-8-17(23-4)16(10-15)18-13(3)20/h5-10,19H,1-4H3,(H,18,20). The maximum Gasteiger partial charge on any atom is 0.261 e. The van der Waals surface area contributed by atoms with E-state index in [-0.39, 0.29) is 10.8 Å². The Hall–Kier alpha value is -2.54. The van der Waals surface area contributed by atoms with Crippen molar-refractivity contribution in [3.8, 4) is 5.75 Å². The quantitative estimate of drug-likeness (QED) is 0.870. The lowest BCUT2D eigenvalue weighted by Gasteiger charge is -2.13. The average molecular weight is 348 g/mol. The maximum absolute atomic E-state index is 12.6. The molecule has 7 heteroatoms. The molecule has 0 saturated heterocycles. The van der Waals surface area contributed by atoms with E-state index in [4.69, 9.17) is 4.74 Å². The molecule has 0 aliphatic heterocycles. The minimum Gasteiger partial charge on any atom is -0.495 e. The second kappa shape index (κ2) is 6.92. The number of aryl methyl sites for hydroxylation is 2. The summed E-state index contributed by atoms with van der Waals surface area (Å²) >= 11 is 0. The summed E-state index contributed by atoms with van der Waals surface area (Å²) < 4.78 is 32.8. The normalized spacial score (nSPS) is 11.0. The van der Waals surface area contributed by atoms with Crippen molar-refractivity contribution in [1.29, 1.82) is 0 Å². The van der Waals surface area contributed by atoms with Crippen LogP contribution >= 0.6 is 0 Å². The Balaban J connectivity index is 2.37. The van der Waals surface area contributed by atoms with Crippen LogP contribution in [0.25, 0.3) is 0 Å². The maximum atomic E-state index is 12.6. The number of anilines is 2. The number of benzene rings is 2. The van der Waals surface area contributed by atoms with E-state index in [0.29, 0.717) is 17.1 Å². The van der Waals surface area contributed by atoms with Crippen molar-refractivity contribution in [2.24, 2.45) is 0 Å². The first-order valence-electron chi connectivity index (χ1n) is 7.28. The molecule has 0 bridgehead atoms. The number of hydrogen-bond acceptors (Lipinski definition) is 4. The zero-order chi connectivity index (χ0) is 17.9. The van der Waals surface area contributed by atoms with E-state index in [2.05, 4.69) is 10.0 Å². The van der Waals surface area contributed by atoms with Crippen molar-refractivity contribution in [1.82, 2.24) is 0 Å². The fourth-order valence-corrected chi connectivity index (χ4v) is 3.24. The highest BCUT2D eigenvalue weighted by molar-refractivity contribution is 7.92. The summed E-state index contributed by atoms with van der Waals surface area (Å²) in [7, 11) is -2.34. The van der Waals surface area contributed by atoms with Gasteiger partial charge >= 0.3 is 0 Å². The second-order valence-corrected chi connectivity index (χ2v) is 7.13. The first-order valence-corrected chi connectivity index (χ1v) is 8.77. The molecule has 0 spiro atoms. The molecule has 0 aromatic heterocycles. The Bertz CT molecular complexity index is 876. The number of methoxy groups -OCH3 is 1. The van der Waals surface area contributed by atoms with Gasteiger partial charge in [-0.05, 0) is 55.3 Å². The summed E-state index contributed by atoms with van der Waals surface area (Å²) in [5.74, 6) is 0.0697. The van der Waals surface area contributed by atoms with E-state index in [1.54, 1.807) is 12.1 Å². The first-order chi connectivity index (χ1) is 11.2. The van der Waals surface area contributed by atoms with Gasteiger partial charge in [0.15, 0.2) is 0 Å². The van der Waals surface area contributed by atoms with Crippen LogP contribution in [-0.4, -0.2) is 21.4 Å². The van der Waals surface area contributed by atoms with Gasteiger partial charge in [0, 0.05) is 12.6 Å². The van der Waals surface area contributed by atoms with Crippen molar-refractivity contribution >= 4 is 27.3 Å². The monoisotopic (exact) mass is 348 g/mol. The van der Waals surface area contributed by atoms with Crippen LogP contribution in [-0.2, 0) is 14.8 Å². The predicted molar refractivity (Wildman–Crippen MR) is 94.0 cm³/mol. The molecule has 1 amide bonds. The fraction of sp³-hybridized carbons (Fsp3) is 0.235. The van der Waals surface area contributed by atoms with Gasteiger partial charge in [-0.3, -0.25) is 9.52 Å². The van der Waals surface area contributed by atoms with Crippen molar-refractivity contribution in [2.75, 3.05) is 17.1 Å². The van der Waals surface area contributed by atoms with E-state index < -0.39 is 10.0 Å². The van der Waals surface area contributed by atoms with Crippen LogP contribution in [0.4, 0.5) is 11.4 Å². The van der Waals surface area contributed by atoms with Crippen LogP contribution in [0.3, 0.4) is 0 Å². The summed E-state index contributed by atoms with van der Waals surface area (Å²) in [5.41, 5.74) is 2.85. The molecule has 128 valence electrons. The van der Waals surface area contributed by atoms with Crippen molar-refractivity contribution < 1.29 is 17.9 Å². The average Bonchev–Trinajstić information content (AvgIpc) is 2.50. The van der Waals surface area contributed by atoms with Crippen LogP contribution in [0.1, 0.15) is 18.1 Å². The highest BCUT2D eigenvalue weighted by Crippen LogP contribution is 2.28. The van der Waals surface area contributed by atoms with Crippen LogP contribution in [0.15, 0.2) is 41.3 Å². The number of hydrogen-bond donors (Lipinski definition) is 2. The summed E-state index contributed by atoms with van der Waals surface area (Å²) in [6.45, 7) is 5.21. The van der Waals surface area contributed by atoms with Crippen molar-refractivity contribution in [3.05, 3.63) is 47.5 Å². The molecule has 0 unspecified atom stereocenters. The largest absolute Gasteiger partial charge is 0.495 e. The number of nitrogens with one attached hydrogen (secondary N) is 2.